The Balaban J connectivity index is 1.94. The molecule has 0 heteroatoms. The summed E-state index contributed by atoms with van der Waals surface area (Å²) in [4.78, 5) is 0. The number of fused-ring (bicyclic) bond motifs is 6. The van der Waals surface area contributed by atoms with Crippen LogP contribution < -0.4 is 0 Å². The highest BCUT2D eigenvalue weighted by Crippen LogP contribution is 2.39. The van der Waals surface area contributed by atoms with Crippen LogP contribution in [-0.2, 0) is 0 Å². The van der Waals surface area contributed by atoms with Gasteiger partial charge in [0.25, 0.3) is 0 Å². The van der Waals surface area contributed by atoms with E-state index in [4.69, 9.17) is 0 Å². The second-order valence-electron chi connectivity index (χ2n) is 8.04. The van der Waals surface area contributed by atoms with Crippen molar-refractivity contribution in [2.24, 2.45) is 11.8 Å². The van der Waals surface area contributed by atoms with Crippen molar-refractivity contribution in [3.8, 4) is 0 Å². The Hall–Kier alpha value is -2.34. The summed E-state index contributed by atoms with van der Waals surface area (Å²) < 4.78 is 0. The average molecular weight is 338 g/mol. The molecule has 7 rings (SSSR count). The normalized spacial score (nSPS) is 27.8. The van der Waals surface area contributed by atoms with Crippen LogP contribution in [0.25, 0.3) is 36.5 Å². The van der Waals surface area contributed by atoms with Gasteiger partial charge in [-0.15, -0.1) is 0 Å². The molecule has 2 atom stereocenters. The molecule has 0 fully saturated rings. The third-order valence-corrected chi connectivity index (χ3v) is 6.26. The highest BCUT2D eigenvalue weighted by atomic mass is 14.2. The molecule has 0 spiro atoms. The molecule has 0 nitrogen and oxygen atoms in total. The van der Waals surface area contributed by atoms with E-state index >= 15 is 0 Å². The van der Waals surface area contributed by atoms with Crippen LogP contribution in [-0.4, -0.2) is 0 Å². The summed E-state index contributed by atoms with van der Waals surface area (Å²) in [5.41, 5.74) is 8.39. The second kappa shape index (κ2) is 6.76. The summed E-state index contributed by atoms with van der Waals surface area (Å²) in [6.07, 6.45) is 35.8. The van der Waals surface area contributed by atoms with Crippen LogP contribution >= 0.6 is 0 Å². The minimum Gasteiger partial charge on any atom is -0.0836 e. The van der Waals surface area contributed by atoms with E-state index in [1.165, 1.54) is 33.4 Å². The molecule has 0 saturated carbocycles. The van der Waals surface area contributed by atoms with Gasteiger partial charge in [-0.2, -0.15) is 0 Å². The molecule has 0 aromatic heterocycles. The molecule has 0 aliphatic heterocycles. The lowest BCUT2D eigenvalue weighted by molar-refractivity contribution is 0.552. The van der Waals surface area contributed by atoms with Gasteiger partial charge >= 0.3 is 0 Å². The Bertz CT molecular complexity index is 685. The van der Waals surface area contributed by atoms with E-state index in [9.17, 15) is 0 Å². The smallest absolute Gasteiger partial charge is 0.0102 e. The molecule has 130 valence electrons. The van der Waals surface area contributed by atoms with Crippen molar-refractivity contribution >= 4 is 36.5 Å². The lowest BCUT2D eigenvalue weighted by Crippen LogP contribution is -2.06. The minimum absolute atomic E-state index is 0.715. The largest absolute Gasteiger partial charge is 0.0836 e. The monoisotopic (exact) mass is 338 g/mol. The van der Waals surface area contributed by atoms with E-state index in [2.05, 4.69) is 72.9 Å². The summed E-state index contributed by atoms with van der Waals surface area (Å²) in [6, 6.07) is 0. The molecule has 0 saturated heterocycles. The van der Waals surface area contributed by atoms with Crippen molar-refractivity contribution < 1.29 is 0 Å². The Kier molecular flexibility index (Phi) is 4.13. The van der Waals surface area contributed by atoms with Crippen LogP contribution in [0.15, 0.2) is 36.5 Å². The molecular weight excluding hydrogens is 312 g/mol. The van der Waals surface area contributed by atoms with Crippen molar-refractivity contribution in [2.45, 2.75) is 38.5 Å². The zero-order valence-corrected chi connectivity index (χ0v) is 15.3. The molecule has 1 aromatic carbocycles. The van der Waals surface area contributed by atoms with Gasteiger partial charge in [0, 0.05) is 0 Å². The Labute approximate surface area is 157 Å². The minimum atomic E-state index is 0.715. The van der Waals surface area contributed by atoms with Crippen LogP contribution in [0.1, 0.15) is 71.9 Å². The Morgan fingerprint density at radius 2 is 0.538 bits per heavy atom. The van der Waals surface area contributed by atoms with Crippen molar-refractivity contribution in [3.63, 3.8) is 0 Å². The number of hydrogen-bond acceptors (Lipinski definition) is 0. The summed E-state index contributed by atoms with van der Waals surface area (Å²) >= 11 is 0. The van der Waals surface area contributed by atoms with E-state index in [1.54, 1.807) is 0 Å². The van der Waals surface area contributed by atoms with Crippen molar-refractivity contribution in [3.05, 3.63) is 69.8 Å². The van der Waals surface area contributed by atoms with Gasteiger partial charge in [-0.25, -0.2) is 0 Å². The molecule has 0 N–H and O–H groups in total. The first-order valence-electron chi connectivity index (χ1n) is 10.1. The maximum Gasteiger partial charge on any atom is -0.0102 e. The third-order valence-electron chi connectivity index (χ3n) is 6.26. The van der Waals surface area contributed by atoms with Crippen molar-refractivity contribution in [2.75, 3.05) is 0 Å². The summed E-state index contributed by atoms with van der Waals surface area (Å²) in [5, 5.41) is 0. The number of rotatable bonds is 0. The maximum atomic E-state index is 2.41. The van der Waals surface area contributed by atoms with Crippen LogP contribution in [0.4, 0.5) is 0 Å². The van der Waals surface area contributed by atoms with E-state index in [-0.39, 0.29) is 0 Å². The molecule has 8 bridgehead atoms. The molecule has 2 unspecified atom stereocenters. The van der Waals surface area contributed by atoms with Crippen molar-refractivity contribution in [1.29, 1.82) is 0 Å². The first kappa shape index (κ1) is 15.9. The van der Waals surface area contributed by atoms with Gasteiger partial charge < -0.3 is 0 Å². The number of hydrogen-bond donors (Lipinski definition) is 0. The molecular formula is C26H26. The van der Waals surface area contributed by atoms with Crippen LogP contribution in [0.5, 0.6) is 0 Å². The molecule has 6 aliphatic carbocycles. The quantitative estimate of drug-likeness (QED) is 0.462. The highest BCUT2D eigenvalue weighted by Gasteiger charge is 2.20. The molecule has 26 heavy (non-hydrogen) atoms. The topological polar surface area (TPSA) is 0 Å². The van der Waals surface area contributed by atoms with Gasteiger partial charge in [-0.3, -0.25) is 0 Å². The average Bonchev–Trinajstić information content (AvgIpc) is 2.65. The van der Waals surface area contributed by atoms with Crippen LogP contribution in [0.2, 0.25) is 0 Å². The second-order valence-corrected chi connectivity index (χ2v) is 8.04. The van der Waals surface area contributed by atoms with Gasteiger partial charge in [0.1, 0.15) is 0 Å². The van der Waals surface area contributed by atoms with E-state index in [0.717, 1.165) is 38.5 Å². The fourth-order valence-corrected chi connectivity index (χ4v) is 4.80. The van der Waals surface area contributed by atoms with E-state index in [0.29, 0.717) is 11.8 Å². The predicted molar refractivity (Wildman–Crippen MR) is 115 cm³/mol. The first-order valence-corrected chi connectivity index (χ1v) is 10.1. The van der Waals surface area contributed by atoms with Gasteiger partial charge in [0.05, 0.1) is 0 Å². The Morgan fingerprint density at radius 3 is 0.731 bits per heavy atom. The molecule has 6 aliphatic rings. The zero-order valence-electron chi connectivity index (χ0n) is 15.3. The highest BCUT2D eigenvalue weighted by molar-refractivity contribution is 5.91. The fraction of sp³-hybridized carbons (Fsp3) is 0.308. The van der Waals surface area contributed by atoms with Crippen LogP contribution in [0.3, 0.4) is 0 Å². The molecule has 0 radical (unpaired) electrons. The van der Waals surface area contributed by atoms with E-state index < -0.39 is 0 Å². The number of allylic oxidation sites excluding steroid dienone is 6. The lowest BCUT2D eigenvalue weighted by atomic mass is 9.80. The first-order chi connectivity index (χ1) is 12.9. The standard InChI is InChI=1S/C26H26/c1-7-19-8-2-16-24-22-14-4-10-20-11-5-15-23(21(22)13-1)25(17-3-9-19)26(24)18-6-12-20/h1-6,13-20H,7-12H2/b13-1-,14-4-,15-5?,16-2?,17-3?,18-6?. The molecule has 0 heterocycles. The van der Waals surface area contributed by atoms with Crippen LogP contribution in [0, 0.1) is 11.8 Å². The van der Waals surface area contributed by atoms with Crippen molar-refractivity contribution in [1.82, 2.24) is 0 Å². The lowest BCUT2D eigenvalue weighted by Gasteiger charge is -2.24. The van der Waals surface area contributed by atoms with Gasteiger partial charge in [0.2, 0.25) is 0 Å². The third kappa shape index (κ3) is 2.78. The van der Waals surface area contributed by atoms with Gasteiger partial charge in [0.15, 0.2) is 0 Å². The van der Waals surface area contributed by atoms with Gasteiger partial charge in [-0.05, 0) is 83.7 Å². The maximum absolute atomic E-state index is 2.41. The summed E-state index contributed by atoms with van der Waals surface area (Å²) in [6.45, 7) is 0. The molecule has 0 amide bonds. The van der Waals surface area contributed by atoms with E-state index in [1.807, 2.05) is 0 Å². The SMILES string of the molecule is C1=Cc2c3c4c5c(c2C=CCC(CC=C3)C/C=C\5)/C=C\CC(C1)CC=C4. The summed E-state index contributed by atoms with van der Waals surface area (Å²) in [5.74, 6) is 1.43. The molecule has 1 aromatic rings. The fourth-order valence-electron chi connectivity index (χ4n) is 4.80. The zero-order chi connectivity index (χ0) is 17.3. The van der Waals surface area contributed by atoms with Gasteiger partial charge in [-0.1, -0.05) is 72.9 Å². The summed E-state index contributed by atoms with van der Waals surface area (Å²) in [7, 11) is 0. The predicted octanol–water partition coefficient (Wildman–Crippen LogP) is 7.39. The Morgan fingerprint density at radius 1 is 0.346 bits per heavy atom. The number of benzene rings is 1.